The predicted octanol–water partition coefficient (Wildman–Crippen LogP) is 2.65. The largest absolute Gasteiger partial charge is 0.348 e. The van der Waals surface area contributed by atoms with Gasteiger partial charge >= 0.3 is 0 Å². The van der Waals surface area contributed by atoms with E-state index in [1.165, 1.54) is 15.7 Å². The maximum atomic E-state index is 4.72. The molecule has 1 saturated heterocycles. The van der Waals surface area contributed by atoms with Crippen molar-refractivity contribution in [2.24, 2.45) is 11.8 Å². The standard InChI is InChI=1S/C13H23N3S/c1-5-14-6-12-11(4)15-13(17-12)16-7-9(2)10(3)8-16/h9-10,14H,5-8H2,1-4H3. The first kappa shape index (κ1) is 12.8. The van der Waals surface area contributed by atoms with Crippen molar-refractivity contribution in [2.75, 3.05) is 24.5 Å². The number of aromatic nitrogens is 1. The van der Waals surface area contributed by atoms with Crippen molar-refractivity contribution in [1.82, 2.24) is 10.3 Å². The molecule has 17 heavy (non-hydrogen) atoms. The van der Waals surface area contributed by atoms with E-state index < -0.39 is 0 Å². The summed E-state index contributed by atoms with van der Waals surface area (Å²) >= 11 is 1.85. The summed E-state index contributed by atoms with van der Waals surface area (Å²) in [7, 11) is 0. The van der Waals surface area contributed by atoms with Gasteiger partial charge in [-0.05, 0) is 25.3 Å². The number of thiazole rings is 1. The lowest BCUT2D eigenvalue weighted by atomic mass is 10.0. The zero-order valence-corrected chi connectivity index (χ0v) is 12.1. The molecule has 0 radical (unpaired) electrons. The summed E-state index contributed by atoms with van der Waals surface area (Å²) in [6.07, 6.45) is 0. The molecule has 0 amide bonds. The van der Waals surface area contributed by atoms with Crippen LogP contribution in [0, 0.1) is 18.8 Å². The molecule has 1 aliphatic heterocycles. The first-order valence-electron chi connectivity index (χ1n) is 6.53. The zero-order valence-electron chi connectivity index (χ0n) is 11.3. The number of nitrogens with one attached hydrogen (secondary N) is 1. The Hall–Kier alpha value is -0.610. The van der Waals surface area contributed by atoms with Gasteiger partial charge in [0.25, 0.3) is 0 Å². The van der Waals surface area contributed by atoms with Crippen LogP contribution in [-0.2, 0) is 6.54 Å². The van der Waals surface area contributed by atoms with Crippen LogP contribution in [-0.4, -0.2) is 24.6 Å². The Balaban J connectivity index is 2.07. The first-order valence-corrected chi connectivity index (χ1v) is 7.35. The third-order valence-corrected chi connectivity index (χ3v) is 4.89. The Kier molecular flexibility index (Phi) is 4.05. The lowest BCUT2D eigenvalue weighted by molar-refractivity contribution is 0.494. The van der Waals surface area contributed by atoms with Crippen LogP contribution in [0.1, 0.15) is 31.3 Å². The fraction of sp³-hybridized carbons (Fsp3) is 0.769. The molecule has 1 aromatic heterocycles. The Bertz CT molecular complexity index is 365. The predicted molar refractivity (Wildman–Crippen MR) is 74.8 cm³/mol. The molecule has 0 aliphatic carbocycles. The zero-order chi connectivity index (χ0) is 12.4. The van der Waals surface area contributed by atoms with Crippen molar-refractivity contribution < 1.29 is 0 Å². The third kappa shape index (κ3) is 2.80. The van der Waals surface area contributed by atoms with Gasteiger partial charge < -0.3 is 10.2 Å². The van der Waals surface area contributed by atoms with Crippen molar-refractivity contribution in [1.29, 1.82) is 0 Å². The fourth-order valence-electron chi connectivity index (χ4n) is 2.24. The minimum absolute atomic E-state index is 0.788. The van der Waals surface area contributed by atoms with E-state index >= 15 is 0 Å². The summed E-state index contributed by atoms with van der Waals surface area (Å²) in [6, 6.07) is 0. The third-order valence-electron chi connectivity index (χ3n) is 3.68. The van der Waals surface area contributed by atoms with Gasteiger partial charge in [0, 0.05) is 24.5 Å². The second-order valence-electron chi connectivity index (χ2n) is 5.14. The quantitative estimate of drug-likeness (QED) is 0.894. The van der Waals surface area contributed by atoms with E-state index in [1.807, 2.05) is 11.3 Å². The maximum absolute atomic E-state index is 4.72. The number of hydrogen-bond acceptors (Lipinski definition) is 4. The Morgan fingerprint density at radius 2 is 2.00 bits per heavy atom. The number of hydrogen-bond donors (Lipinski definition) is 1. The van der Waals surface area contributed by atoms with Gasteiger partial charge in [0.1, 0.15) is 0 Å². The topological polar surface area (TPSA) is 28.2 Å². The van der Waals surface area contributed by atoms with Gasteiger partial charge in [0.2, 0.25) is 0 Å². The molecular weight excluding hydrogens is 230 g/mol. The summed E-state index contributed by atoms with van der Waals surface area (Å²) in [5.74, 6) is 1.58. The molecule has 2 heterocycles. The van der Waals surface area contributed by atoms with E-state index in [2.05, 4.69) is 37.9 Å². The minimum atomic E-state index is 0.788. The van der Waals surface area contributed by atoms with Gasteiger partial charge in [-0.1, -0.05) is 20.8 Å². The summed E-state index contributed by atoms with van der Waals surface area (Å²) < 4.78 is 0. The highest BCUT2D eigenvalue weighted by Crippen LogP contribution is 2.32. The molecular formula is C13H23N3S. The van der Waals surface area contributed by atoms with Gasteiger partial charge in [0.15, 0.2) is 5.13 Å². The van der Waals surface area contributed by atoms with Crippen LogP contribution in [0.4, 0.5) is 5.13 Å². The number of anilines is 1. The highest BCUT2D eigenvalue weighted by molar-refractivity contribution is 7.15. The van der Waals surface area contributed by atoms with Gasteiger partial charge in [-0.3, -0.25) is 0 Å². The van der Waals surface area contributed by atoms with E-state index in [9.17, 15) is 0 Å². The molecule has 0 aromatic carbocycles. The van der Waals surface area contributed by atoms with E-state index in [1.54, 1.807) is 0 Å². The molecule has 1 fully saturated rings. The van der Waals surface area contributed by atoms with Gasteiger partial charge in [-0.2, -0.15) is 0 Å². The average molecular weight is 253 g/mol. The van der Waals surface area contributed by atoms with Crippen molar-refractivity contribution in [3.8, 4) is 0 Å². The first-order chi connectivity index (χ1) is 8.11. The number of nitrogens with zero attached hydrogens (tertiary/aromatic N) is 2. The van der Waals surface area contributed by atoms with Crippen LogP contribution >= 0.6 is 11.3 Å². The Labute approximate surface area is 108 Å². The Morgan fingerprint density at radius 3 is 2.59 bits per heavy atom. The number of aryl methyl sites for hydroxylation is 1. The molecule has 0 saturated carbocycles. The summed E-state index contributed by atoms with van der Waals surface area (Å²) in [5.41, 5.74) is 1.19. The minimum Gasteiger partial charge on any atom is -0.348 e. The fourth-order valence-corrected chi connectivity index (χ4v) is 3.29. The van der Waals surface area contributed by atoms with Crippen LogP contribution in [0.3, 0.4) is 0 Å². The van der Waals surface area contributed by atoms with Crippen LogP contribution < -0.4 is 10.2 Å². The smallest absolute Gasteiger partial charge is 0.185 e. The molecule has 1 aliphatic rings. The van der Waals surface area contributed by atoms with Crippen molar-refractivity contribution in [3.63, 3.8) is 0 Å². The highest BCUT2D eigenvalue weighted by Gasteiger charge is 2.28. The molecule has 0 spiro atoms. The van der Waals surface area contributed by atoms with Crippen molar-refractivity contribution in [2.45, 2.75) is 34.2 Å². The van der Waals surface area contributed by atoms with Gasteiger partial charge in [0.05, 0.1) is 5.69 Å². The number of rotatable bonds is 4. The molecule has 1 aromatic rings. The molecule has 96 valence electrons. The molecule has 0 bridgehead atoms. The normalized spacial score (nSPS) is 24.6. The molecule has 4 heteroatoms. The average Bonchev–Trinajstić information content (AvgIpc) is 2.81. The summed E-state index contributed by atoms with van der Waals surface area (Å²) in [6.45, 7) is 13.2. The van der Waals surface area contributed by atoms with Crippen molar-refractivity contribution >= 4 is 16.5 Å². The second-order valence-corrected chi connectivity index (χ2v) is 6.21. The molecule has 2 rings (SSSR count). The Morgan fingerprint density at radius 1 is 1.35 bits per heavy atom. The van der Waals surface area contributed by atoms with E-state index in [-0.39, 0.29) is 0 Å². The molecule has 3 nitrogen and oxygen atoms in total. The summed E-state index contributed by atoms with van der Waals surface area (Å²) in [4.78, 5) is 8.55. The van der Waals surface area contributed by atoms with Crippen LogP contribution in [0.5, 0.6) is 0 Å². The van der Waals surface area contributed by atoms with E-state index in [0.717, 1.165) is 38.0 Å². The van der Waals surface area contributed by atoms with Gasteiger partial charge in [-0.25, -0.2) is 4.98 Å². The van der Waals surface area contributed by atoms with Crippen LogP contribution in [0.15, 0.2) is 0 Å². The van der Waals surface area contributed by atoms with Crippen LogP contribution in [0.25, 0.3) is 0 Å². The lowest BCUT2D eigenvalue weighted by Crippen LogP contribution is -2.19. The van der Waals surface area contributed by atoms with Gasteiger partial charge in [-0.15, -0.1) is 11.3 Å². The molecule has 2 unspecified atom stereocenters. The van der Waals surface area contributed by atoms with Crippen LogP contribution in [0.2, 0.25) is 0 Å². The summed E-state index contributed by atoms with van der Waals surface area (Å²) in [5, 5.41) is 4.59. The van der Waals surface area contributed by atoms with E-state index in [0.29, 0.717) is 0 Å². The monoisotopic (exact) mass is 253 g/mol. The molecule has 2 atom stereocenters. The highest BCUT2D eigenvalue weighted by atomic mass is 32.1. The second kappa shape index (κ2) is 5.36. The SMILES string of the molecule is CCNCc1sc(N2CC(C)C(C)C2)nc1C. The lowest BCUT2D eigenvalue weighted by Gasteiger charge is -2.13. The van der Waals surface area contributed by atoms with E-state index in [4.69, 9.17) is 4.98 Å². The van der Waals surface area contributed by atoms with Crippen molar-refractivity contribution in [3.05, 3.63) is 10.6 Å². The molecule has 1 N–H and O–H groups in total. The maximum Gasteiger partial charge on any atom is 0.185 e.